The molecule has 220 valence electrons. The molecule has 3 rings (SSSR count). The van der Waals surface area contributed by atoms with Crippen LogP contribution in [0.1, 0.15) is 37.0 Å². The molecule has 0 unspecified atom stereocenters. The van der Waals surface area contributed by atoms with Crippen LogP contribution >= 0.6 is 0 Å². The predicted octanol–water partition coefficient (Wildman–Crippen LogP) is 5.20. The van der Waals surface area contributed by atoms with Crippen molar-refractivity contribution in [2.24, 2.45) is 0 Å². The standard InChI is InChI=1S/C30H34F3N3O4S/c1-4-18-34-29(38)23(3)35(19-17-24-9-6-5-7-10-24)28(37)21-36(26-12-8-11-25(20-26)30(31,32)33)41(39,40)27-15-13-22(2)14-16-27/h5-16,20,23H,4,17-19,21H2,1-3H3,(H,34,38)/t23-/m0/s1. The summed E-state index contributed by atoms with van der Waals surface area (Å²) < 4.78 is 68.9. The van der Waals surface area contributed by atoms with Crippen molar-refractivity contribution in [2.75, 3.05) is 23.9 Å². The van der Waals surface area contributed by atoms with Crippen molar-refractivity contribution in [3.05, 3.63) is 95.6 Å². The van der Waals surface area contributed by atoms with Crippen molar-refractivity contribution >= 4 is 27.5 Å². The van der Waals surface area contributed by atoms with Crippen molar-refractivity contribution in [1.82, 2.24) is 10.2 Å². The van der Waals surface area contributed by atoms with Crippen molar-refractivity contribution in [3.63, 3.8) is 0 Å². The van der Waals surface area contributed by atoms with Gasteiger partial charge in [-0.05, 0) is 62.6 Å². The van der Waals surface area contributed by atoms with Crippen molar-refractivity contribution in [2.45, 2.75) is 50.7 Å². The summed E-state index contributed by atoms with van der Waals surface area (Å²) in [6, 6.07) is 17.9. The minimum Gasteiger partial charge on any atom is -0.354 e. The van der Waals surface area contributed by atoms with Crippen LogP contribution in [0.3, 0.4) is 0 Å². The summed E-state index contributed by atoms with van der Waals surface area (Å²) >= 11 is 0. The fourth-order valence-corrected chi connectivity index (χ4v) is 5.58. The van der Waals surface area contributed by atoms with Crippen molar-refractivity contribution in [1.29, 1.82) is 0 Å². The number of rotatable bonds is 12. The van der Waals surface area contributed by atoms with Crippen LogP contribution in [0.2, 0.25) is 0 Å². The SMILES string of the molecule is CCCNC(=O)[C@H](C)N(CCc1ccccc1)C(=O)CN(c1cccc(C(F)(F)F)c1)S(=O)(=O)c1ccc(C)cc1. The molecule has 0 bridgehead atoms. The van der Waals surface area contributed by atoms with Gasteiger partial charge in [0.15, 0.2) is 0 Å². The van der Waals surface area contributed by atoms with Crippen LogP contribution < -0.4 is 9.62 Å². The van der Waals surface area contributed by atoms with Crippen LogP contribution in [0.15, 0.2) is 83.8 Å². The number of anilines is 1. The Kier molecular flexibility index (Phi) is 10.6. The lowest BCUT2D eigenvalue weighted by atomic mass is 10.1. The van der Waals surface area contributed by atoms with E-state index in [1.54, 1.807) is 19.1 Å². The van der Waals surface area contributed by atoms with E-state index in [-0.39, 0.29) is 17.1 Å². The van der Waals surface area contributed by atoms with Crippen LogP contribution in [0, 0.1) is 6.92 Å². The molecule has 11 heteroatoms. The third kappa shape index (κ3) is 8.32. The molecule has 0 aromatic heterocycles. The topological polar surface area (TPSA) is 86.8 Å². The van der Waals surface area contributed by atoms with Crippen molar-refractivity contribution in [3.8, 4) is 0 Å². The van der Waals surface area contributed by atoms with Gasteiger partial charge in [0.05, 0.1) is 16.1 Å². The second-order valence-electron chi connectivity index (χ2n) is 9.66. The number of carbonyl (C=O) groups is 2. The van der Waals surface area contributed by atoms with E-state index >= 15 is 0 Å². The Balaban J connectivity index is 2.03. The summed E-state index contributed by atoms with van der Waals surface area (Å²) in [5.41, 5.74) is 0.303. The van der Waals surface area contributed by atoms with Gasteiger partial charge in [-0.15, -0.1) is 0 Å². The zero-order valence-corrected chi connectivity index (χ0v) is 24.0. The molecular formula is C30H34F3N3O4S. The zero-order chi connectivity index (χ0) is 30.2. The molecule has 1 atom stereocenters. The summed E-state index contributed by atoms with van der Waals surface area (Å²) in [5, 5.41) is 2.75. The summed E-state index contributed by atoms with van der Waals surface area (Å²) in [6.07, 6.45) is -3.67. The maximum Gasteiger partial charge on any atom is 0.416 e. The molecule has 0 aliphatic heterocycles. The number of amides is 2. The molecule has 41 heavy (non-hydrogen) atoms. The highest BCUT2D eigenvalue weighted by atomic mass is 32.2. The second kappa shape index (κ2) is 13.7. The first-order valence-corrected chi connectivity index (χ1v) is 14.7. The highest BCUT2D eigenvalue weighted by Gasteiger charge is 2.35. The van der Waals surface area contributed by atoms with E-state index in [9.17, 15) is 31.2 Å². The zero-order valence-electron chi connectivity index (χ0n) is 23.2. The van der Waals surface area contributed by atoms with E-state index in [4.69, 9.17) is 0 Å². The van der Waals surface area contributed by atoms with E-state index in [0.717, 1.165) is 23.3 Å². The molecule has 0 saturated carbocycles. The van der Waals surface area contributed by atoms with Crippen LogP contribution in [-0.2, 0) is 32.2 Å². The van der Waals surface area contributed by atoms with Crippen molar-refractivity contribution < 1.29 is 31.2 Å². The first kappa shape index (κ1) is 31.7. The third-order valence-corrected chi connectivity index (χ3v) is 8.34. The molecular weight excluding hydrogens is 555 g/mol. The Labute approximate surface area is 239 Å². The Morgan fingerprint density at radius 3 is 2.22 bits per heavy atom. The van der Waals surface area contributed by atoms with Gasteiger partial charge in [-0.25, -0.2) is 8.42 Å². The molecule has 7 nitrogen and oxygen atoms in total. The lowest BCUT2D eigenvalue weighted by Gasteiger charge is -2.32. The molecule has 1 N–H and O–H groups in total. The second-order valence-corrected chi connectivity index (χ2v) is 11.5. The highest BCUT2D eigenvalue weighted by Crippen LogP contribution is 2.33. The lowest BCUT2D eigenvalue weighted by molar-refractivity contribution is -0.138. The molecule has 0 fully saturated rings. The highest BCUT2D eigenvalue weighted by molar-refractivity contribution is 7.92. The summed E-state index contributed by atoms with van der Waals surface area (Å²) in [7, 11) is -4.47. The number of hydrogen-bond donors (Lipinski definition) is 1. The smallest absolute Gasteiger partial charge is 0.354 e. The molecule has 0 spiro atoms. The number of halogens is 3. The van der Waals surface area contributed by atoms with Crippen LogP contribution in [0.4, 0.5) is 18.9 Å². The largest absolute Gasteiger partial charge is 0.416 e. The molecule has 0 aliphatic carbocycles. The number of hydrogen-bond acceptors (Lipinski definition) is 4. The van der Waals surface area contributed by atoms with Gasteiger partial charge in [0.25, 0.3) is 10.0 Å². The molecule has 0 aliphatic rings. The number of carbonyl (C=O) groups excluding carboxylic acids is 2. The summed E-state index contributed by atoms with van der Waals surface area (Å²) in [4.78, 5) is 27.7. The molecule has 0 heterocycles. The average molecular weight is 590 g/mol. The Hall–Kier alpha value is -3.86. The minimum atomic E-state index is -4.73. The molecule has 0 saturated heterocycles. The summed E-state index contributed by atoms with van der Waals surface area (Å²) in [6.45, 7) is 4.85. The third-order valence-electron chi connectivity index (χ3n) is 6.55. The fourth-order valence-electron chi connectivity index (χ4n) is 4.17. The van der Waals surface area contributed by atoms with Gasteiger partial charge in [-0.3, -0.25) is 13.9 Å². The van der Waals surface area contributed by atoms with E-state index < -0.39 is 46.2 Å². The van der Waals surface area contributed by atoms with Crippen LogP contribution in [0.25, 0.3) is 0 Å². The number of sulfonamides is 1. The van der Waals surface area contributed by atoms with Gasteiger partial charge in [-0.1, -0.05) is 61.0 Å². The quantitative estimate of drug-likeness (QED) is 0.315. The Morgan fingerprint density at radius 1 is 0.951 bits per heavy atom. The number of nitrogens with zero attached hydrogens (tertiary/aromatic N) is 2. The number of alkyl halides is 3. The molecule has 3 aromatic carbocycles. The minimum absolute atomic E-state index is 0.0879. The predicted molar refractivity (Wildman–Crippen MR) is 152 cm³/mol. The van der Waals surface area contributed by atoms with E-state index in [2.05, 4.69) is 5.32 Å². The normalized spacial score (nSPS) is 12.4. The fraction of sp³-hybridized carbons (Fsp3) is 0.333. The van der Waals surface area contributed by atoms with E-state index in [1.807, 2.05) is 37.3 Å². The van der Waals surface area contributed by atoms with Crippen LogP contribution in [-0.4, -0.2) is 50.8 Å². The number of nitrogens with one attached hydrogen (secondary N) is 1. The number of benzene rings is 3. The van der Waals surface area contributed by atoms with Gasteiger partial charge in [0, 0.05) is 13.1 Å². The Bertz CT molecular complexity index is 1430. The first-order chi connectivity index (χ1) is 19.3. The lowest BCUT2D eigenvalue weighted by Crippen LogP contribution is -2.52. The molecule has 0 radical (unpaired) electrons. The van der Waals surface area contributed by atoms with Gasteiger partial charge in [-0.2, -0.15) is 13.2 Å². The van der Waals surface area contributed by atoms with E-state index in [1.165, 1.54) is 30.0 Å². The first-order valence-electron chi connectivity index (χ1n) is 13.2. The van der Waals surface area contributed by atoms with Gasteiger partial charge in [0.2, 0.25) is 11.8 Å². The van der Waals surface area contributed by atoms with E-state index in [0.29, 0.717) is 29.8 Å². The maximum absolute atomic E-state index is 13.8. The van der Waals surface area contributed by atoms with Crippen LogP contribution in [0.5, 0.6) is 0 Å². The maximum atomic E-state index is 13.8. The van der Waals surface area contributed by atoms with Gasteiger partial charge >= 0.3 is 6.18 Å². The molecule has 2 amide bonds. The molecule has 3 aromatic rings. The van der Waals surface area contributed by atoms with Gasteiger partial charge in [0.1, 0.15) is 12.6 Å². The monoisotopic (exact) mass is 589 g/mol. The Morgan fingerprint density at radius 2 is 1.61 bits per heavy atom. The number of aryl methyl sites for hydroxylation is 1. The average Bonchev–Trinajstić information content (AvgIpc) is 2.95. The summed E-state index contributed by atoms with van der Waals surface area (Å²) in [5.74, 6) is -1.14. The van der Waals surface area contributed by atoms with Gasteiger partial charge < -0.3 is 10.2 Å².